The van der Waals surface area contributed by atoms with Gasteiger partial charge < -0.3 is 14.8 Å². The number of likely N-dealkylation sites (N-methyl/N-ethyl adjacent to an activating group) is 1. The number of likely N-dealkylation sites (tertiary alicyclic amines) is 2. The van der Waals surface area contributed by atoms with Gasteiger partial charge in [0.15, 0.2) is 0 Å². The van der Waals surface area contributed by atoms with E-state index in [2.05, 4.69) is 37.8 Å². The Bertz CT molecular complexity index is 473. The maximum atomic E-state index is 12.6. The number of rotatable bonds is 2. The van der Waals surface area contributed by atoms with Gasteiger partial charge >= 0.3 is 0 Å². The highest BCUT2D eigenvalue weighted by molar-refractivity contribution is 9.10. The van der Waals surface area contributed by atoms with Crippen LogP contribution in [0.15, 0.2) is 16.7 Å². The highest BCUT2D eigenvalue weighted by Crippen LogP contribution is 2.30. The van der Waals surface area contributed by atoms with Gasteiger partial charge in [0.25, 0.3) is 5.91 Å². The first-order valence-electron chi connectivity index (χ1n) is 7.02. The van der Waals surface area contributed by atoms with Crippen LogP contribution in [0, 0.1) is 0 Å². The topological polar surface area (TPSA) is 39.3 Å². The Morgan fingerprint density at radius 3 is 2.68 bits per heavy atom. The number of H-pyrrole nitrogens is 1. The summed E-state index contributed by atoms with van der Waals surface area (Å²) >= 11 is 3.39. The molecule has 0 saturated carbocycles. The monoisotopic (exact) mass is 325 g/mol. The number of hydrogen-bond acceptors (Lipinski definition) is 2. The minimum Gasteiger partial charge on any atom is -0.356 e. The zero-order valence-corrected chi connectivity index (χ0v) is 12.8. The van der Waals surface area contributed by atoms with Gasteiger partial charge in [0.2, 0.25) is 0 Å². The third kappa shape index (κ3) is 2.46. The molecule has 1 aromatic rings. The lowest BCUT2D eigenvalue weighted by atomic mass is 10.0. The fraction of sp³-hybridized carbons (Fsp3) is 0.643. The second kappa shape index (κ2) is 5.29. The van der Waals surface area contributed by atoms with Gasteiger partial charge in [0.1, 0.15) is 5.69 Å². The molecule has 4 nitrogen and oxygen atoms in total. The number of aromatic nitrogens is 1. The van der Waals surface area contributed by atoms with E-state index >= 15 is 0 Å². The molecule has 3 heterocycles. The van der Waals surface area contributed by atoms with Crippen molar-refractivity contribution in [1.29, 1.82) is 0 Å². The van der Waals surface area contributed by atoms with E-state index in [1.54, 1.807) is 0 Å². The van der Waals surface area contributed by atoms with Crippen LogP contribution in [0.25, 0.3) is 0 Å². The molecule has 5 heteroatoms. The second-order valence-corrected chi connectivity index (χ2v) is 6.55. The molecule has 0 radical (unpaired) electrons. The number of halogens is 1. The van der Waals surface area contributed by atoms with Crippen LogP contribution in [0.1, 0.15) is 36.2 Å². The lowest BCUT2D eigenvalue weighted by molar-refractivity contribution is 0.0659. The van der Waals surface area contributed by atoms with E-state index in [9.17, 15) is 4.79 Å². The van der Waals surface area contributed by atoms with Gasteiger partial charge in [-0.05, 0) is 61.3 Å². The van der Waals surface area contributed by atoms with Crippen molar-refractivity contribution in [2.75, 3.05) is 20.1 Å². The largest absolute Gasteiger partial charge is 0.356 e. The number of carbonyl (C=O) groups is 1. The van der Waals surface area contributed by atoms with Crippen molar-refractivity contribution in [3.8, 4) is 0 Å². The van der Waals surface area contributed by atoms with Crippen molar-refractivity contribution < 1.29 is 4.79 Å². The lowest BCUT2D eigenvalue weighted by Crippen LogP contribution is -2.47. The predicted molar refractivity (Wildman–Crippen MR) is 78.2 cm³/mol. The van der Waals surface area contributed by atoms with Gasteiger partial charge in [0.05, 0.1) is 0 Å². The summed E-state index contributed by atoms with van der Waals surface area (Å²) in [6.45, 7) is 2.06. The Balaban J connectivity index is 1.77. The molecule has 3 rings (SSSR count). The summed E-state index contributed by atoms with van der Waals surface area (Å²) in [5, 5.41) is 0. The second-order valence-electron chi connectivity index (χ2n) is 5.63. The van der Waals surface area contributed by atoms with Crippen molar-refractivity contribution >= 4 is 21.8 Å². The standard InChI is InChI=1S/C14H20BrN3O/c1-17-6-2-4-12(17)13-5-3-7-18(13)14(19)11-8-10(15)9-16-11/h8-9,12-13,16H,2-7H2,1H3/t12-,13-/m0/s1. The lowest BCUT2D eigenvalue weighted by Gasteiger charge is -2.33. The maximum absolute atomic E-state index is 12.6. The van der Waals surface area contributed by atoms with Gasteiger partial charge in [-0.3, -0.25) is 4.79 Å². The highest BCUT2D eigenvalue weighted by atomic mass is 79.9. The zero-order valence-electron chi connectivity index (χ0n) is 11.2. The summed E-state index contributed by atoms with van der Waals surface area (Å²) in [5.41, 5.74) is 0.694. The molecule has 2 aliphatic heterocycles. The molecule has 0 spiro atoms. The molecule has 0 bridgehead atoms. The third-order valence-electron chi connectivity index (χ3n) is 4.46. The highest BCUT2D eigenvalue weighted by Gasteiger charge is 2.38. The summed E-state index contributed by atoms with van der Waals surface area (Å²) in [6, 6.07) is 2.81. The quantitative estimate of drug-likeness (QED) is 0.907. The van der Waals surface area contributed by atoms with E-state index in [1.807, 2.05) is 12.3 Å². The van der Waals surface area contributed by atoms with Gasteiger partial charge in [-0.1, -0.05) is 0 Å². The number of nitrogens with zero attached hydrogens (tertiary/aromatic N) is 2. The summed E-state index contributed by atoms with van der Waals surface area (Å²) in [7, 11) is 2.18. The fourth-order valence-corrected chi connectivity index (χ4v) is 3.86. The first kappa shape index (κ1) is 13.2. The van der Waals surface area contributed by atoms with E-state index in [4.69, 9.17) is 0 Å². The summed E-state index contributed by atoms with van der Waals surface area (Å²) in [4.78, 5) is 20.1. The SMILES string of the molecule is CN1CCC[C@H]1[C@@H]1CCCN1C(=O)c1cc(Br)c[nH]1. The number of carbonyl (C=O) groups excluding carboxylic acids is 1. The molecular formula is C14H20BrN3O. The molecule has 1 N–H and O–H groups in total. The maximum Gasteiger partial charge on any atom is 0.270 e. The molecule has 0 aliphatic carbocycles. The van der Waals surface area contributed by atoms with Crippen molar-refractivity contribution in [2.24, 2.45) is 0 Å². The van der Waals surface area contributed by atoms with Gasteiger partial charge in [0, 0.05) is 29.3 Å². The van der Waals surface area contributed by atoms with Crippen LogP contribution < -0.4 is 0 Å². The predicted octanol–water partition coefficient (Wildman–Crippen LogP) is 2.48. The minimum atomic E-state index is 0.147. The van der Waals surface area contributed by atoms with Crippen LogP contribution in [0.4, 0.5) is 0 Å². The van der Waals surface area contributed by atoms with Gasteiger partial charge in [-0.25, -0.2) is 0 Å². The number of hydrogen-bond donors (Lipinski definition) is 1. The summed E-state index contributed by atoms with van der Waals surface area (Å²) in [6.07, 6.45) is 6.57. The fourth-order valence-electron chi connectivity index (χ4n) is 3.51. The van der Waals surface area contributed by atoms with Crippen molar-refractivity contribution in [1.82, 2.24) is 14.8 Å². The van der Waals surface area contributed by atoms with Gasteiger partial charge in [-0.15, -0.1) is 0 Å². The van der Waals surface area contributed by atoms with E-state index in [-0.39, 0.29) is 5.91 Å². The number of amides is 1. The molecule has 2 aliphatic rings. The van der Waals surface area contributed by atoms with Crippen LogP contribution in [0.5, 0.6) is 0 Å². The molecule has 2 fully saturated rings. The first-order chi connectivity index (χ1) is 9.16. The Morgan fingerprint density at radius 2 is 2.05 bits per heavy atom. The molecular weight excluding hydrogens is 306 g/mol. The molecule has 2 atom stereocenters. The molecule has 0 unspecified atom stereocenters. The summed E-state index contributed by atoms with van der Waals surface area (Å²) in [5.74, 6) is 0.147. The molecule has 2 saturated heterocycles. The average molecular weight is 326 g/mol. The van der Waals surface area contributed by atoms with Crippen molar-refractivity contribution in [3.05, 3.63) is 22.4 Å². The normalized spacial score (nSPS) is 28.2. The first-order valence-corrected chi connectivity index (χ1v) is 7.81. The molecule has 1 aromatic heterocycles. The molecule has 1 amide bonds. The van der Waals surface area contributed by atoms with Crippen LogP contribution in [-0.4, -0.2) is 52.9 Å². The third-order valence-corrected chi connectivity index (χ3v) is 4.92. The van der Waals surface area contributed by atoms with Crippen molar-refractivity contribution in [3.63, 3.8) is 0 Å². The Kier molecular flexibility index (Phi) is 3.67. The average Bonchev–Trinajstić information content (AvgIpc) is 3.07. The van der Waals surface area contributed by atoms with Crippen LogP contribution in [-0.2, 0) is 0 Å². The van der Waals surface area contributed by atoms with Gasteiger partial charge in [-0.2, -0.15) is 0 Å². The van der Waals surface area contributed by atoms with Crippen LogP contribution in [0.3, 0.4) is 0 Å². The Labute approximate surface area is 122 Å². The Morgan fingerprint density at radius 1 is 1.32 bits per heavy atom. The van der Waals surface area contributed by atoms with E-state index < -0.39 is 0 Å². The van der Waals surface area contributed by atoms with E-state index in [0.29, 0.717) is 17.8 Å². The minimum absolute atomic E-state index is 0.147. The van der Waals surface area contributed by atoms with E-state index in [0.717, 1.165) is 30.4 Å². The molecule has 104 valence electrons. The number of aromatic amines is 1. The smallest absolute Gasteiger partial charge is 0.270 e. The van der Waals surface area contributed by atoms with Crippen LogP contribution >= 0.6 is 15.9 Å². The van der Waals surface area contributed by atoms with Crippen LogP contribution in [0.2, 0.25) is 0 Å². The molecule has 0 aromatic carbocycles. The van der Waals surface area contributed by atoms with E-state index in [1.165, 1.54) is 12.8 Å². The molecule has 19 heavy (non-hydrogen) atoms. The Hall–Kier alpha value is -0.810. The zero-order chi connectivity index (χ0) is 13.4. The summed E-state index contributed by atoms with van der Waals surface area (Å²) < 4.78 is 0.935. The van der Waals surface area contributed by atoms with Crippen molar-refractivity contribution in [2.45, 2.75) is 37.8 Å². The number of nitrogens with one attached hydrogen (secondary N) is 1.